The van der Waals surface area contributed by atoms with E-state index in [9.17, 15) is 15.0 Å². The second-order valence-corrected chi connectivity index (χ2v) is 11.3. The Morgan fingerprint density at radius 1 is 0.548 bits per heavy atom. The lowest BCUT2D eigenvalue weighted by Crippen LogP contribution is -2.33. The van der Waals surface area contributed by atoms with Crippen LogP contribution in [-0.4, -0.2) is 42.8 Å². The fourth-order valence-electron chi connectivity index (χ4n) is 7.35. The second-order valence-electron chi connectivity index (χ2n) is 11.3. The van der Waals surface area contributed by atoms with E-state index in [0.717, 1.165) is 62.2 Å². The highest BCUT2D eigenvalue weighted by molar-refractivity contribution is 5.59. The zero-order valence-corrected chi connectivity index (χ0v) is 19.3. The molecule has 4 fully saturated rings. The Balaban J connectivity index is 1.12. The first-order valence-electron chi connectivity index (χ1n) is 13.2. The third-order valence-electron chi connectivity index (χ3n) is 9.36. The van der Waals surface area contributed by atoms with Gasteiger partial charge in [-0.3, -0.25) is 0 Å². The van der Waals surface area contributed by atoms with Crippen LogP contribution in [0.5, 0.6) is 0 Å². The van der Waals surface area contributed by atoms with Crippen LogP contribution in [-0.2, 0) is 9.47 Å². The number of fused-ring (bicyclic) bond motifs is 2. The van der Waals surface area contributed by atoms with Crippen LogP contribution in [0, 0.1) is 47.3 Å². The summed E-state index contributed by atoms with van der Waals surface area (Å²) in [6, 6.07) is 0. The molecule has 5 nitrogen and oxygen atoms in total. The number of ether oxygens (including phenoxy) is 2. The van der Waals surface area contributed by atoms with E-state index in [1.165, 1.54) is 44.9 Å². The van der Waals surface area contributed by atoms with Gasteiger partial charge in [-0.15, -0.1) is 0 Å². The zero-order valence-electron chi connectivity index (χ0n) is 19.3. The lowest BCUT2D eigenvalue weighted by atomic mass is 9.65. The second kappa shape index (κ2) is 11.4. The van der Waals surface area contributed by atoms with E-state index in [4.69, 9.17) is 9.47 Å². The molecular weight excluding hydrogens is 392 g/mol. The Morgan fingerprint density at radius 3 is 1.45 bits per heavy atom. The van der Waals surface area contributed by atoms with Crippen molar-refractivity contribution in [3.8, 4) is 0 Å². The molecule has 2 N–H and O–H groups in total. The third-order valence-corrected chi connectivity index (χ3v) is 9.36. The molecule has 178 valence electrons. The predicted molar refractivity (Wildman–Crippen MR) is 119 cm³/mol. The molecule has 0 aromatic heterocycles. The van der Waals surface area contributed by atoms with Crippen LogP contribution in [0.15, 0.2) is 0 Å². The molecular formula is C26H44O5. The quantitative estimate of drug-likeness (QED) is 0.561. The number of carbonyl (C=O) groups excluding carboxylic acids is 1. The number of rotatable bonds is 6. The number of aliphatic hydroxyl groups is 2. The SMILES string of the molecule is O=C(OCC1CCC2CCC(CO)CCC2C1)OCC1CCC2CC(CO)CCC2C1. The molecule has 5 heteroatoms. The minimum Gasteiger partial charge on any atom is -0.434 e. The van der Waals surface area contributed by atoms with Crippen LogP contribution < -0.4 is 0 Å². The van der Waals surface area contributed by atoms with Crippen LogP contribution in [0.4, 0.5) is 4.79 Å². The Kier molecular flexibility index (Phi) is 8.56. The van der Waals surface area contributed by atoms with Gasteiger partial charge in [0.05, 0.1) is 13.2 Å². The van der Waals surface area contributed by atoms with Gasteiger partial charge in [0.1, 0.15) is 0 Å². The summed E-state index contributed by atoms with van der Waals surface area (Å²) < 4.78 is 11.1. The number of aliphatic hydroxyl groups excluding tert-OH is 2. The Labute approximate surface area is 188 Å². The Bertz CT molecular complexity index is 566. The summed E-state index contributed by atoms with van der Waals surface area (Å²) in [6.45, 7) is 1.68. The number of carbonyl (C=O) groups is 1. The van der Waals surface area contributed by atoms with Crippen molar-refractivity contribution in [2.45, 2.75) is 83.5 Å². The third kappa shape index (κ3) is 6.37. The fraction of sp³-hybridized carbons (Fsp3) is 0.962. The molecule has 4 saturated carbocycles. The first kappa shape index (κ1) is 23.4. The van der Waals surface area contributed by atoms with Gasteiger partial charge in [-0.2, -0.15) is 0 Å². The lowest BCUT2D eigenvalue weighted by Gasteiger charge is -2.41. The smallest absolute Gasteiger partial charge is 0.434 e. The van der Waals surface area contributed by atoms with Crippen molar-refractivity contribution in [3.63, 3.8) is 0 Å². The van der Waals surface area contributed by atoms with Crippen LogP contribution in [0.2, 0.25) is 0 Å². The topological polar surface area (TPSA) is 76.0 Å². The minimum atomic E-state index is -0.477. The van der Waals surface area contributed by atoms with Gasteiger partial charge < -0.3 is 19.7 Å². The van der Waals surface area contributed by atoms with Crippen molar-refractivity contribution < 1.29 is 24.5 Å². The standard InChI is InChI=1S/C26H44O5/c27-14-18-1-6-22-7-4-20(12-23(22)8-2-18)16-30-26(29)31-17-21-5-10-24-11-19(15-28)3-9-25(24)13-21/h18-25,27-28H,1-17H2. The summed E-state index contributed by atoms with van der Waals surface area (Å²) in [7, 11) is 0. The molecule has 0 aromatic carbocycles. The molecule has 0 amide bonds. The summed E-state index contributed by atoms with van der Waals surface area (Å²) in [5.41, 5.74) is 0. The van der Waals surface area contributed by atoms with Gasteiger partial charge in [0.25, 0.3) is 0 Å². The van der Waals surface area contributed by atoms with Crippen molar-refractivity contribution in [2.75, 3.05) is 26.4 Å². The molecule has 8 atom stereocenters. The van der Waals surface area contributed by atoms with E-state index < -0.39 is 6.16 Å². The fourth-order valence-corrected chi connectivity index (χ4v) is 7.35. The van der Waals surface area contributed by atoms with Crippen molar-refractivity contribution in [2.24, 2.45) is 47.3 Å². The van der Waals surface area contributed by atoms with Crippen LogP contribution in [0.25, 0.3) is 0 Å². The van der Waals surface area contributed by atoms with E-state index in [1.807, 2.05) is 0 Å². The number of hydrogen-bond acceptors (Lipinski definition) is 5. The molecule has 0 aliphatic heterocycles. The maximum atomic E-state index is 12.2. The van der Waals surface area contributed by atoms with Crippen LogP contribution in [0.1, 0.15) is 83.5 Å². The first-order valence-corrected chi connectivity index (χ1v) is 13.2. The van der Waals surface area contributed by atoms with Crippen LogP contribution >= 0.6 is 0 Å². The van der Waals surface area contributed by atoms with E-state index >= 15 is 0 Å². The molecule has 0 spiro atoms. The molecule has 4 rings (SSSR count). The predicted octanol–water partition coefficient (Wildman–Crippen LogP) is 5.18. The summed E-state index contributed by atoms with van der Waals surface area (Å²) in [5.74, 6) is 5.01. The largest absolute Gasteiger partial charge is 0.508 e. The molecule has 0 radical (unpaired) electrons. The van der Waals surface area contributed by atoms with Gasteiger partial charge >= 0.3 is 6.16 Å². The summed E-state index contributed by atoms with van der Waals surface area (Å²) in [5, 5.41) is 18.9. The van der Waals surface area contributed by atoms with Crippen molar-refractivity contribution >= 4 is 6.16 Å². The van der Waals surface area contributed by atoms with E-state index in [1.54, 1.807) is 0 Å². The van der Waals surface area contributed by atoms with Gasteiger partial charge in [-0.25, -0.2) is 4.79 Å². The van der Waals surface area contributed by atoms with Crippen molar-refractivity contribution in [1.29, 1.82) is 0 Å². The maximum absolute atomic E-state index is 12.2. The molecule has 4 aliphatic carbocycles. The molecule has 4 aliphatic rings. The average Bonchev–Trinajstić information content (AvgIpc) is 3.02. The number of hydrogen-bond donors (Lipinski definition) is 2. The Morgan fingerprint density at radius 2 is 0.935 bits per heavy atom. The molecule has 0 heterocycles. The summed E-state index contributed by atoms with van der Waals surface area (Å²) in [4.78, 5) is 12.2. The molecule has 0 aromatic rings. The van der Waals surface area contributed by atoms with Gasteiger partial charge in [-0.05, 0) is 131 Å². The highest BCUT2D eigenvalue weighted by Gasteiger charge is 2.36. The van der Waals surface area contributed by atoms with Gasteiger partial charge in [-0.1, -0.05) is 0 Å². The van der Waals surface area contributed by atoms with E-state index in [0.29, 0.717) is 50.1 Å². The normalized spacial score (nSPS) is 40.8. The van der Waals surface area contributed by atoms with Gasteiger partial charge in [0.15, 0.2) is 0 Å². The summed E-state index contributed by atoms with van der Waals surface area (Å²) >= 11 is 0. The highest BCUT2D eigenvalue weighted by Crippen LogP contribution is 2.45. The minimum absolute atomic E-state index is 0.337. The van der Waals surface area contributed by atoms with Crippen LogP contribution in [0.3, 0.4) is 0 Å². The molecule has 0 saturated heterocycles. The van der Waals surface area contributed by atoms with E-state index in [2.05, 4.69) is 0 Å². The van der Waals surface area contributed by atoms with Crippen molar-refractivity contribution in [3.05, 3.63) is 0 Å². The van der Waals surface area contributed by atoms with Gasteiger partial charge in [0.2, 0.25) is 0 Å². The van der Waals surface area contributed by atoms with Gasteiger partial charge in [0, 0.05) is 13.2 Å². The monoisotopic (exact) mass is 436 g/mol. The zero-order chi connectivity index (χ0) is 21.6. The molecule has 31 heavy (non-hydrogen) atoms. The maximum Gasteiger partial charge on any atom is 0.508 e. The first-order chi connectivity index (χ1) is 15.1. The van der Waals surface area contributed by atoms with Crippen molar-refractivity contribution in [1.82, 2.24) is 0 Å². The Hall–Kier alpha value is -0.810. The average molecular weight is 437 g/mol. The lowest BCUT2D eigenvalue weighted by molar-refractivity contribution is 0.00654. The highest BCUT2D eigenvalue weighted by atomic mass is 16.7. The molecule has 8 unspecified atom stereocenters. The summed E-state index contributed by atoms with van der Waals surface area (Å²) in [6.07, 6.45) is 15.0. The molecule has 0 bridgehead atoms. The van der Waals surface area contributed by atoms with E-state index in [-0.39, 0.29) is 0 Å².